The number of amides is 2. The van der Waals surface area contributed by atoms with Crippen molar-refractivity contribution in [2.75, 3.05) is 26.2 Å². The highest BCUT2D eigenvalue weighted by atomic mass is 19.1. The van der Waals surface area contributed by atoms with Crippen LogP contribution in [-0.2, 0) is 16.0 Å². The number of nitrogens with one attached hydrogen (secondary N) is 1. The maximum atomic E-state index is 13.0. The topological polar surface area (TPSA) is 71.5 Å². The Kier molecular flexibility index (Phi) is 7.47. The summed E-state index contributed by atoms with van der Waals surface area (Å²) in [6, 6.07) is 10.1. The normalized spacial score (nSPS) is 19.2. The van der Waals surface area contributed by atoms with Crippen molar-refractivity contribution in [3.63, 3.8) is 0 Å². The number of carbonyl (C=O) groups is 2. The molecule has 2 aliphatic rings. The molecule has 0 saturated carbocycles. The van der Waals surface area contributed by atoms with Crippen molar-refractivity contribution in [1.82, 2.24) is 15.2 Å². The first-order valence-electron chi connectivity index (χ1n) is 11.5. The minimum absolute atomic E-state index is 0.120. The molecule has 0 aliphatic carbocycles. The zero-order chi connectivity index (χ0) is 22.3. The molecule has 2 amide bonds. The molecular formula is C25H30FN3O3. The molecule has 4 rings (SSSR count). The van der Waals surface area contributed by atoms with E-state index in [1.54, 1.807) is 18.3 Å². The van der Waals surface area contributed by atoms with Gasteiger partial charge in [0.15, 0.2) is 0 Å². The number of aromatic nitrogens is 1. The fraction of sp³-hybridized carbons (Fsp3) is 0.480. The van der Waals surface area contributed by atoms with E-state index < -0.39 is 0 Å². The summed E-state index contributed by atoms with van der Waals surface area (Å²) in [7, 11) is 0. The number of pyridine rings is 1. The number of halogens is 1. The number of rotatable bonds is 7. The summed E-state index contributed by atoms with van der Waals surface area (Å²) < 4.78 is 18.5. The van der Waals surface area contributed by atoms with E-state index in [1.165, 1.54) is 12.1 Å². The number of hydrogen-bond donors (Lipinski definition) is 1. The highest BCUT2D eigenvalue weighted by Crippen LogP contribution is 2.27. The van der Waals surface area contributed by atoms with Gasteiger partial charge in [-0.1, -0.05) is 12.1 Å². The second-order valence-corrected chi connectivity index (χ2v) is 8.60. The fourth-order valence-corrected chi connectivity index (χ4v) is 4.38. The predicted octanol–water partition coefficient (Wildman–Crippen LogP) is 3.47. The minimum atomic E-state index is -0.261. The highest BCUT2D eigenvalue weighted by Gasteiger charge is 2.24. The number of aryl methyl sites for hydroxylation is 1. The first kappa shape index (κ1) is 22.4. The van der Waals surface area contributed by atoms with Gasteiger partial charge in [0.1, 0.15) is 5.82 Å². The molecule has 1 N–H and O–H groups in total. The Morgan fingerprint density at radius 3 is 2.53 bits per heavy atom. The third-order valence-corrected chi connectivity index (χ3v) is 6.37. The number of likely N-dealkylation sites (tertiary alicyclic amines) is 1. The Balaban J connectivity index is 1.21. The van der Waals surface area contributed by atoms with Gasteiger partial charge in [0.05, 0.1) is 11.7 Å². The molecule has 7 heteroatoms. The summed E-state index contributed by atoms with van der Waals surface area (Å²) in [4.78, 5) is 31.3. The molecule has 2 saturated heterocycles. The van der Waals surface area contributed by atoms with Gasteiger partial charge in [0, 0.05) is 50.5 Å². The summed E-state index contributed by atoms with van der Waals surface area (Å²) in [6.45, 7) is 2.72. The molecule has 32 heavy (non-hydrogen) atoms. The number of benzene rings is 1. The Bertz CT molecular complexity index is 903. The van der Waals surface area contributed by atoms with Gasteiger partial charge in [-0.3, -0.25) is 14.6 Å². The summed E-state index contributed by atoms with van der Waals surface area (Å²) in [5.74, 6) is 0.0448. The van der Waals surface area contributed by atoms with Crippen molar-refractivity contribution in [2.45, 2.75) is 50.5 Å². The van der Waals surface area contributed by atoms with Crippen LogP contribution in [0.5, 0.6) is 0 Å². The summed E-state index contributed by atoms with van der Waals surface area (Å²) >= 11 is 0. The van der Waals surface area contributed by atoms with E-state index in [4.69, 9.17) is 4.74 Å². The molecule has 6 nitrogen and oxygen atoms in total. The Labute approximate surface area is 188 Å². The SMILES string of the molecule is O=C(NCC1CCCO1)c1ccc(C2CCN(C(=O)CCc3ccc(F)cc3)CC2)nc1. The van der Waals surface area contributed by atoms with E-state index in [0.29, 0.717) is 44.0 Å². The predicted molar refractivity (Wildman–Crippen MR) is 119 cm³/mol. The first-order valence-corrected chi connectivity index (χ1v) is 11.5. The van der Waals surface area contributed by atoms with E-state index in [9.17, 15) is 14.0 Å². The average molecular weight is 440 g/mol. The zero-order valence-corrected chi connectivity index (χ0v) is 18.3. The molecule has 0 radical (unpaired) electrons. The smallest absolute Gasteiger partial charge is 0.252 e. The molecule has 1 aromatic carbocycles. The van der Waals surface area contributed by atoms with Crippen LogP contribution in [-0.4, -0.2) is 54.0 Å². The Morgan fingerprint density at radius 2 is 1.88 bits per heavy atom. The largest absolute Gasteiger partial charge is 0.376 e. The van der Waals surface area contributed by atoms with Crippen molar-refractivity contribution in [3.8, 4) is 0 Å². The number of hydrogen-bond acceptors (Lipinski definition) is 4. The second kappa shape index (κ2) is 10.7. The number of piperidine rings is 1. The summed E-state index contributed by atoms with van der Waals surface area (Å²) in [6.07, 6.45) is 6.58. The maximum Gasteiger partial charge on any atom is 0.252 e. The van der Waals surface area contributed by atoms with Crippen LogP contribution in [0.1, 0.15) is 59.6 Å². The molecular weight excluding hydrogens is 409 g/mol. The van der Waals surface area contributed by atoms with Gasteiger partial charge in [0.2, 0.25) is 5.91 Å². The van der Waals surface area contributed by atoms with Crippen molar-refractivity contribution in [1.29, 1.82) is 0 Å². The van der Waals surface area contributed by atoms with Crippen molar-refractivity contribution >= 4 is 11.8 Å². The second-order valence-electron chi connectivity index (χ2n) is 8.60. The number of nitrogens with zero attached hydrogens (tertiary/aromatic N) is 2. The van der Waals surface area contributed by atoms with Gasteiger partial charge in [-0.2, -0.15) is 0 Å². The van der Waals surface area contributed by atoms with Crippen LogP contribution >= 0.6 is 0 Å². The molecule has 170 valence electrons. The van der Waals surface area contributed by atoms with Gasteiger partial charge in [-0.05, 0) is 61.9 Å². The molecule has 0 spiro atoms. The monoisotopic (exact) mass is 439 g/mol. The minimum Gasteiger partial charge on any atom is -0.376 e. The molecule has 0 bridgehead atoms. The third-order valence-electron chi connectivity index (χ3n) is 6.37. The van der Waals surface area contributed by atoms with E-state index in [-0.39, 0.29) is 23.7 Å². The van der Waals surface area contributed by atoms with Crippen LogP contribution < -0.4 is 5.32 Å². The van der Waals surface area contributed by atoms with Crippen LogP contribution in [0.3, 0.4) is 0 Å². The van der Waals surface area contributed by atoms with Gasteiger partial charge < -0.3 is 15.0 Å². The lowest BCUT2D eigenvalue weighted by Crippen LogP contribution is -2.38. The van der Waals surface area contributed by atoms with Crippen LogP contribution in [0.25, 0.3) is 0 Å². The van der Waals surface area contributed by atoms with E-state index >= 15 is 0 Å². The van der Waals surface area contributed by atoms with Gasteiger partial charge >= 0.3 is 0 Å². The number of carbonyl (C=O) groups excluding carboxylic acids is 2. The van der Waals surface area contributed by atoms with E-state index in [1.807, 2.05) is 17.0 Å². The molecule has 2 aromatic rings. The molecule has 3 heterocycles. The first-order chi connectivity index (χ1) is 15.6. The van der Waals surface area contributed by atoms with Gasteiger partial charge in [-0.25, -0.2) is 4.39 Å². The van der Waals surface area contributed by atoms with Crippen LogP contribution in [0, 0.1) is 5.82 Å². The van der Waals surface area contributed by atoms with Crippen molar-refractivity contribution < 1.29 is 18.7 Å². The van der Waals surface area contributed by atoms with Gasteiger partial charge in [-0.15, -0.1) is 0 Å². The molecule has 1 unspecified atom stereocenters. The third kappa shape index (κ3) is 5.91. The van der Waals surface area contributed by atoms with Crippen LogP contribution in [0.2, 0.25) is 0 Å². The Morgan fingerprint density at radius 1 is 1.09 bits per heavy atom. The van der Waals surface area contributed by atoms with Crippen LogP contribution in [0.15, 0.2) is 42.6 Å². The standard InChI is InChI=1S/C25H30FN3O3/c26-21-7-3-18(4-8-21)5-10-24(30)29-13-11-19(12-14-29)23-9-6-20(16-27-23)25(31)28-17-22-2-1-15-32-22/h3-4,6-9,16,19,22H,1-2,5,10-15,17H2,(H,28,31). The van der Waals surface area contributed by atoms with Crippen molar-refractivity contribution in [3.05, 3.63) is 65.2 Å². The molecule has 1 atom stereocenters. The van der Waals surface area contributed by atoms with Crippen LogP contribution in [0.4, 0.5) is 4.39 Å². The lowest BCUT2D eigenvalue weighted by atomic mass is 9.92. The van der Waals surface area contributed by atoms with E-state index in [2.05, 4.69) is 10.3 Å². The summed E-state index contributed by atoms with van der Waals surface area (Å²) in [5.41, 5.74) is 2.50. The fourth-order valence-electron chi connectivity index (χ4n) is 4.38. The molecule has 2 fully saturated rings. The molecule has 2 aliphatic heterocycles. The quantitative estimate of drug-likeness (QED) is 0.717. The average Bonchev–Trinajstić information content (AvgIpc) is 3.36. The van der Waals surface area contributed by atoms with E-state index in [0.717, 1.165) is 43.5 Å². The molecule has 1 aromatic heterocycles. The van der Waals surface area contributed by atoms with Gasteiger partial charge in [0.25, 0.3) is 5.91 Å². The number of ether oxygens (including phenoxy) is 1. The lowest BCUT2D eigenvalue weighted by Gasteiger charge is -2.32. The van der Waals surface area contributed by atoms with Crippen molar-refractivity contribution in [2.24, 2.45) is 0 Å². The highest BCUT2D eigenvalue weighted by molar-refractivity contribution is 5.93. The zero-order valence-electron chi connectivity index (χ0n) is 18.3. The lowest BCUT2D eigenvalue weighted by molar-refractivity contribution is -0.132. The summed E-state index contributed by atoms with van der Waals surface area (Å²) in [5, 5.41) is 2.92. The maximum absolute atomic E-state index is 13.0. The Hall–Kier alpha value is -2.80.